The van der Waals surface area contributed by atoms with Crippen molar-refractivity contribution in [2.24, 2.45) is 0 Å². The number of pyridine rings is 1. The van der Waals surface area contributed by atoms with Crippen LogP contribution < -0.4 is 0 Å². The monoisotopic (exact) mass is 331 g/mol. The zero-order valence-corrected chi connectivity index (χ0v) is 8.42. The molecule has 1 aromatic heterocycles. The molecule has 0 radical (unpaired) electrons. The number of hydrogen-bond donors (Lipinski definition) is 0. The molecule has 0 atom stereocenters. The minimum absolute atomic E-state index is 0. The molecule has 1 rings (SSSR count). The minimum Gasteiger partial charge on any atom is -0.482 e. The molecule has 1 heterocycles. The summed E-state index contributed by atoms with van der Waals surface area (Å²) in [4.78, 5) is 3.65. The molecule has 1 aromatic rings. The van der Waals surface area contributed by atoms with Gasteiger partial charge in [-0.2, -0.15) is 0 Å². The van der Waals surface area contributed by atoms with Crippen molar-refractivity contribution in [2.75, 3.05) is 0 Å². The Hall–Kier alpha value is 0.00195. The van der Waals surface area contributed by atoms with Gasteiger partial charge >= 0.3 is 0 Å². The first-order valence-electron chi connectivity index (χ1n) is 2.02. The summed E-state index contributed by atoms with van der Waals surface area (Å²) >= 11 is 0. The van der Waals surface area contributed by atoms with Crippen LogP contribution in [-0.2, 0) is 0 Å². The summed E-state index contributed by atoms with van der Waals surface area (Å²) in [6, 6.07) is 5.22. The summed E-state index contributed by atoms with van der Waals surface area (Å²) in [6.07, 6.45) is 1.60. The number of hydrogen-bond acceptors (Lipinski definition) is 1. The van der Waals surface area contributed by atoms with E-state index < -0.39 is 0 Å². The Morgan fingerprint density at radius 2 is 2.12 bits per heavy atom. The fourth-order valence-corrected chi connectivity index (χ4v) is 0.363. The maximum absolute atomic E-state index is 6.88. The first-order valence-corrected chi connectivity index (χ1v) is 2.02. The van der Waals surface area contributed by atoms with E-state index in [-0.39, 0.29) is 31.1 Å². The first-order chi connectivity index (χ1) is 3.39. The first kappa shape index (κ1) is 8.00. The normalized spacial score (nSPS) is 7.50. The van der Waals surface area contributed by atoms with Crippen LogP contribution in [0, 0.1) is 31.1 Å². The van der Waals surface area contributed by atoms with Crippen LogP contribution >= 0.6 is 0 Å². The molecule has 0 aliphatic heterocycles. The number of nitrogens with one attached hydrogen (secondary N) is 1. The summed E-state index contributed by atoms with van der Waals surface area (Å²) < 4.78 is 0. The Labute approximate surface area is 71.9 Å². The van der Waals surface area contributed by atoms with Crippen LogP contribution in [0.5, 0.6) is 0 Å². The molecule has 8 heavy (non-hydrogen) atoms. The quantitative estimate of drug-likeness (QED) is 0.714. The van der Waals surface area contributed by atoms with Gasteiger partial charge in [-0.3, -0.25) is 0 Å². The maximum atomic E-state index is 6.88. The maximum Gasteiger partial charge on any atom is 0 e. The van der Waals surface area contributed by atoms with E-state index in [0.717, 1.165) is 0 Å². The molecule has 40 valence electrons. The van der Waals surface area contributed by atoms with Gasteiger partial charge in [0, 0.05) is 31.1 Å². The fraction of sp³-hybridized carbons (Fsp3) is 0. The third-order valence-electron chi connectivity index (χ3n) is 0.665. The summed E-state index contributed by atoms with van der Waals surface area (Å²) in [7, 11) is 0. The van der Waals surface area contributed by atoms with Gasteiger partial charge < -0.3 is 10.7 Å². The van der Waals surface area contributed by atoms with E-state index in [1.54, 1.807) is 24.4 Å². The van der Waals surface area contributed by atoms with Gasteiger partial charge in [-0.1, -0.05) is 30.2 Å². The number of aromatic nitrogens is 1. The molecule has 0 saturated carbocycles. The molecule has 0 aromatic carbocycles. The van der Waals surface area contributed by atoms with E-state index in [4.69, 9.17) is 5.73 Å². The van der Waals surface area contributed by atoms with Crippen molar-refractivity contribution in [2.45, 2.75) is 0 Å². The van der Waals surface area contributed by atoms with Crippen molar-refractivity contribution in [3.05, 3.63) is 30.1 Å². The van der Waals surface area contributed by atoms with Crippen LogP contribution in [0.2, 0.25) is 0 Å². The minimum atomic E-state index is 0. The molecule has 0 amide bonds. The van der Waals surface area contributed by atoms with Gasteiger partial charge in [0.05, 0.1) is 0 Å². The number of rotatable bonds is 0. The molecule has 0 bridgehead atoms. The van der Waals surface area contributed by atoms with Crippen molar-refractivity contribution in [1.29, 1.82) is 0 Å². The van der Waals surface area contributed by atoms with Crippen LogP contribution in [0.3, 0.4) is 0 Å². The third kappa shape index (κ3) is 2.35. The van der Waals surface area contributed by atoms with E-state index in [1.807, 2.05) is 0 Å². The predicted molar refractivity (Wildman–Crippen MR) is 28.2 cm³/mol. The van der Waals surface area contributed by atoms with Crippen LogP contribution in [0.25, 0.3) is 5.73 Å². The average Bonchev–Trinajstić information content (AvgIpc) is 1.69. The molecular weight excluding hydrogens is 326 g/mol. The molecule has 0 aliphatic rings. The van der Waals surface area contributed by atoms with Crippen molar-refractivity contribution in [1.82, 2.24) is 4.98 Å². The molecule has 0 spiro atoms. The Balaban J connectivity index is 0.000000490. The standard InChI is InChI=1S/C5H5N2.U/c6-5-3-1-2-4-7-5;/h1-4H,(H-,6,7);/q-1;. The van der Waals surface area contributed by atoms with Crippen molar-refractivity contribution >= 4 is 5.82 Å². The Kier molecular flexibility index (Phi) is 3.94. The van der Waals surface area contributed by atoms with Gasteiger partial charge in [0.2, 0.25) is 0 Å². The van der Waals surface area contributed by atoms with Gasteiger partial charge in [0.25, 0.3) is 0 Å². The molecule has 1 N–H and O–H groups in total. The smallest absolute Gasteiger partial charge is 0 e. The zero-order valence-electron chi connectivity index (χ0n) is 4.26. The van der Waals surface area contributed by atoms with Crippen LogP contribution in [0.15, 0.2) is 24.4 Å². The molecule has 3 heteroatoms. The van der Waals surface area contributed by atoms with Crippen LogP contribution in [0.4, 0.5) is 5.82 Å². The SMILES string of the molecule is [NH-]c1ccccn1.[U]. The van der Waals surface area contributed by atoms with E-state index in [0.29, 0.717) is 5.82 Å². The molecule has 0 unspecified atom stereocenters. The predicted octanol–water partition coefficient (Wildman–Crippen LogP) is 1.77. The van der Waals surface area contributed by atoms with Gasteiger partial charge in [0.1, 0.15) is 0 Å². The fourth-order valence-electron chi connectivity index (χ4n) is 0.363. The van der Waals surface area contributed by atoms with Crippen molar-refractivity contribution in [3.8, 4) is 0 Å². The second kappa shape index (κ2) is 3.94. The largest absolute Gasteiger partial charge is 0.482 e. The number of nitrogens with zero attached hydrogens (tertiary/aromatic N) is 1. The zero-order chi connectivity index (χ0) is 5.11. The second-order valence-corrected chi connectivity index (χ2v) is 1.21. The Morgan fingerprint density at radius 3 is 2.38 bits per heavy atom. The molecule has 0 aliphatic carbocycles. The summed E-state index contributed by atoms with van der Waals surface area (Å²) in [6.45, 7) is 0. The molecule has 2 nitrogen and oxygen atoms in total. The molecule has 0 saturated heterocycles. The summed E-state index contributed by atoms with van der Waals surface area (Å²) in [5, 5.41) is 0. The van der Waals surface area contributed by atoms with E-state index in [1.165, 1.54) is 0 Å². The summed E-state index contributed by atoms with van der Waals surface area (Å²) in [5.41, 5.74) is 6.88. The van der Waals surface area contributed by atoms with Gasteiger partial charge in [-0.05, 0) is 0 Å². The Morgan fingerprint density at radius 1 is 1.38 bits per heavy atom. The molecule has 0 fully saturated rings. The van der Waals surface area contributed by atoms with Gasteiger partial charge in [0.15, 0.2) is 0 Å². The molecular formula is C5H5N2U-. The van der Waals surface area contributed by atoms with E-state index >= 15 is 0 Å². The van der Waals surface area contributed by atoms with Gasteiger partial charge in [-0.15, -0.1) is 0 Å². The topological polar surface area (TPSA) is 36.7 Å². The van der Waals surface area contributed by atoms with Gasteiger partial charge in [-0.25, -0.2) is 0 Å². The Bertz CT molecular complexity index is 140. The van der Waals surface area contributed by atoms with Crippen molar-refractivity contribution < 1.29 is 31.1 Å². The second-order valence-electron chi connectivity index (χ2n) is 1.21. The van der Waals surface area contributed by atoms with Crippen LogP contribution in [0.1, 0.15) is 0 Å². The van der Waals surface area contributed by atoms with Crippen molar-refractivity contribution in [3.63, 3.8) is 0 Å². The van der Waals surface area contributed by atoms with Crippen LogP contribution in [-0.4, -0.2) is 4.98 Å². The third-order valence-corrected chi connectivity index (χ3v) is 0.665. The van der Waals surface area contributed by atoms with E-state index in [2.05, 4.69) is 4.98 Å². The summed E-state index contributed by atoms with van der Waals surface area (Å²) in [5.74, 6) is 0.322. The van der Waals surface area contributed by atoms with E-state index in [9.17, 15) is 0 Å². The average molecular weight is 331 g/mol.